The molecule has 1 saturated heterocycles. The molecular weight excluding hydrogens is 368 g/mol. The third-order valence-corrected chi connectivity index (χ3v) is 6.00. The van der Waals surface area contributed by atoms with E-state index in [1.807, 2.05) is 60.0 Å². The number of carbonyl (C=O) groups is 2. The van der Waals surface area contributed by atoms with Gasteiger partial charge in [0.2, 0.25) is 0 Å². The molecular formula is C23H20N2O2S. The molecule has 1 aliphatic heterocycles. The summed E-state index contributed by atoms with van der Waals surface area (Å²) in [6.45, 7) is 2.00. The fraction of sp³-hybridized carbons (Fsp3) is 0.130. The van der Waals surface area contributed by atoms with Crippen LogP contribution in [0.2, 0.25) is 0 Å². The van der Waals surface area contributed by atoms with Crippen molar-refractivity contribution in [2.75, 3.05) is 6.54 Å². The van der Waals surface area contributed by atoms with Crippen molar-refractivity contribution in [3.05, 3.63) is 88.6 Å². The number of hydrogen-bond acceptors (Lipinski definition) is 3. The fourth-order valence-corrected chi connectivity index (χ4v) is 4.14. The smallest absolute Gasteiger partial charge is 0.319 e. The molecule has 0 radical (unpaired) electrons. The van der Waals surface area contributed by atoms with Gasteiger partial charge in [-0.25, -0.2) is 4.79 Å². The Kier molecular flexibility index (Phi) is 4.84. The van der Waals surface area contributed by atoms with E-state index in [9.17, 15) is 9.59 Å². The number of nitrogens with one attached hydrogen (secondary N) is 1. The van der Waals surface area contributed by atoms with Crippen LogP contribution in [0.1, 0.15) is 17.4 Å². The quantitative estimate of drug-likeness (QED) is 0.632. The van der Waals surface area contributed by atoms with Crippen LogP contribution >= 0.6 is 11.3 Å². The standard InChI is InChI=1S/C23H20N2O2S/c1-23(20-10-6-16-28-20)21(26)25(22(27)24-23)15-5-7-17-11-13-19(14-12-17)18-8-3-2-4-9-18/h2-14,16H,15H2,1H3,(H,24,27)/b7-5+. The van der Waals surface area contributed by atoms with Crippen LogP contribution in [0.5, 0.6) is 0 Å². The topological polar surface area (TPSA) is 49.4 Å². The first-order valence-electron chi connectivity index (χ1n) is 9.08. The van der Waals surface area contributed by atoms with Gasteiger partial charge < -0.3 is 5.32 Å². The van der Waals surface area contributed by atoms with Crippen LogP contribution < -0.4 is 5.32 Å². The lowest BCUT2D eigenvalue weighted by Gasteiger charge is -2.19. The van der Waals surface area contributed by atoms with Gasteiger partial charge in [0.1, 0.15) is 0 Å². The minimum Gasteiger partial charge on any atom is -0.319 e. The maximum absolute atomic E-state index is 12.8. The second-order valence-corrected chi connectivity index (χ2v) is 7.79. The van der Waals surface area contributed by atoms with Crippen molar-refractivity contribution in [1.82, 2.24) is 10.2 Å². The second-order valence-electron chi connectivity index (χ2n) is 6.84. The van der Waals surface area contributed by atoms with E-state index in [0.717, 1.165) is 16.0 Å². The van der Waals surface area contributed by atoms with Crippen LogP contribution in [0.15, 0.2) is 78.2 Å². The van der Waals surface area contributed by atoms with E-state index >= 15 is 0 Å². The zero-order valence-corrected chi connectivity index (χ0v) is 16.3. The molecule has 1 aromatic heterocycles. The van der Waals surface area contributed by atoms with Crippen molar-refractivity contribution in [3.8, 4) is 11.1 Å². The van der Waals surface area contributed by atoms with Gasteiger partial charge in [0.05, 0.1) is 0 Å². The summed E-state index contributed by atoms with van der Waals surface area (Å²) in [5, 5.41) is 4.73. The third-order valence-electron chi connectivity index (χ3n) is 4.91. The first kappa shape index (κ1) is 18.2. The van der Waals surface area contributed by atoms with Crippen molar-refractivity contribution in [2.45, 2.75) is 12.5 Å². The maximum Gasteiger partial charge on any atom is 0.325 e. The van der Waals surface area contributed by atoms with E-state index in [4.69, 9.17) is 0 Å². The SMILES string of the molecule is CC1(c2cccs2)NC(=O)N(C/C=C/c2ccc(-c3ccccc3)cc2)C1=O. The summed E-state index contributed by atoms with van der Waals surface area (Å²) in [7, 11) is 0. The Hall–Kier alpha value is -3.18. The third kappa shape index (κ3) is 3.37. The van der Waals surface area contributed by atoms with E-state index in [0.29, 0.717) is 0 Å². The average Bonchev–Trinajstić information content (AvgIpc) is 3.33. The van der Waals surface area contributed by atoms with Crippen LogP contribution in [-0.2, 0) is 10.3 Å². The molecule has 1 unspecified atom stereocenters. The summed E-state index contributed by atoms with van der Waals surface area (Å²) >= 11 is 1.47. The summed E-state index contributed by atoms with van der Waals surface area (Å²) in [5.41, 5.74) is 2.37. The Morgan fingerprint density at radius 2 is 1.68 bits per heavy atom. The summed E-state index contributed by atoms with van der Waals surface area (Å²) in [6, 6.07) is 21.8. The predicted octanol–water partition coefficient (Wildman–Crippen LogP) is 4.90. The van der Waals surface area contributed by atoms with Crippen molar-refractivity contribution in [1.29, 1.82) is 0 Å². The molecule has 3 aromatic rings. The fourth-order valence-electron chi connectivity index (χ4n) is 3.30. The number of thiophene rings is 1. The molecule has 1 aliphatic rings. The first-order valence-corrected chi connectivity index (χ1v) is 9.96. The number of rotatable bonds is 5. The largest absolute Gasteiger partial charge is 0.325 e. The number of urea groups is 1. The Balaban J connectivity index is 1.44. The number of hydrogen-bond donors (Lipinski definition) is 1. The molecule has 0 aliphatic carbocycles. The second kappa shape index (κ2) is 7.44. The lowest BCUT2D eigenvalue weighted by molar-refractivity contribution is -0.130. The molecule has 0 bridgehead atoms. The van der Waals surface area contributed by atoms with Gasteiger partial charge in [-0.05, 0) is 35.1 Å². The maximum atomic E-state index is 12.8. The van der Waals surface area contributed by atoms with Crippen LogP contribution in [0.4, 0.5) is 4.79 Å². The summed E-state index contributed by atoms with van der Waals surface area (Å²) < 4.78 is 0. The number of amides is 3. The molecule has 4 rings (SSSR count). The molecule has 2 heterocycles. The number of carbonyl (C=O) groups excluding carboxylic acids is 2. The number of nitrogens with zero attached hydrogens (tertiary/aromatic N) is 1. The van der Waals surface area contributed by atoms with Gasteiger partial charge in [0.25, 0.3) is 5.91 Å². The normalized spacial score (nSPS) is 19.4. The molecule has 3 amide bonds. The Morgan fingerprint density at radius 3 is 2.36 bits per heavy atom. The molecule has 140 valence electrons. The van der Waals surface area contributed by atoms with Crippen LogP contribution in [0.3, 0.4) is 0 Å². The van der Waals surface area contributed by atoms with E-state index in [2.05, 4.69) is 29.6 Å². The van der Waals surface area contributed by atoms with E-state index in [-0.39, 0.29) is 18.5 Å². The number of benzene rings is 2. The Labute approximate surface area is 168 Å². The van der Waals surface area contributed by atoms with Crippen LogP contribution in [0, 0.1) is 0 Å². The highest BCUT2D eigenvalue weighted by Crippen LogP contribution is 2.31. The van der Waals surface area contributed by atoms with Gasteiger partial charge in [-0.15, -0.1) is 11.3 Å². The van der Waals surface area contributed by atoms with Gasteiger partial charge >= 0.3 is 6.03 Å². The van der Waals surface area contributed by atoms with Gasteiger partial charge in [0, 0.05) is 11.4 Å². The minimum atomic E-state index is -0.976. The molecule has 1 atom stereocenters. The molecule has 1 N–H and O–H groups in total. The van der Waals surface area contributed by atoms with Crippen molar-refractivity contribution >= 4 is 29.4 Å². The van der Waals surface area contributed by atoms with Gasteiger partial charge in [0.15, 0.2) is 5.54 Å². The lowest BCUT2D eigenvalue weighted by atomic mass is 10.0. The molecule has 4 nitrogen and oxygen atoms in total. The van der Waals surface area contributed by atoms with Gasteiger partial charge in [-0.2, -0.15) is 0 Å². The lowest BCUT2D eigenvalue weighted by Crippen LogP contribution is -2.40. The van der Waals surface area contributed by atoms with E-state index < -0.39 is 5.54 Å². The summed E-state index contributed by atoms with van der Waals surface area (Å²) in [6.07, 6.45) is 3.77. The average molecular weight is 388 g/mol. The zero-order valence-electron chi connectivity index (χ0n) is 15.5. The summed E-state index contributed by atoms with van der Waals surface area (Å²) in [4.78, 5) is 27.2. The van der Waals surface area contributed by atoms with Crippen LogP contribution in [-0.4, -0.2) is 23.4 Å². The zero-order chi connectivity index (χ0) is 19.6. The van der Waals surface area contributed by atoms with Crippen molar-refractivity contribution < 1.29 is 9.59 Å². The van der Waals surface area contributed by atoms with Crippen molar-refractivity contribution in [3.63, 3.8) is 0 Å². The molecule has 0 spiro atoms. The Morgan fingerprint density at radius 1 is 0.964 bits per heavy atom. The highest BCUT2D eigenvalue weighted by atomic mass is 32.1. The van der Waals surface area contributed by atoms with Crippen LogP contribution in [0.25, 0.3) is 17.2 Å². The van der Waals surface area contributed by atoms with Crippen molar-refractivity contribution in [2.24, 2.45) is 0 Å². The molecule has 0 saturated carbocycles. The molecule has 2 aromatic carbocycles. The predicted molar refractivity (Wildman–Crippen MR) is 113 cm³/mol. The monoisotopic (exact) mass is 388 g/mol. The number of imide groups is 1. The van der Waals surface area contributed by atoms with E-state index in [1.165, 1.54) is 21.8 Å². The minimum absolute atomic E-state index is 0.218. The first-order chi connectivity index (χ1) is 13.6. The van der Waals surface area contributed by atoms with E-state index in [1.54, 1.807) is 6.92 Å². The van der Waals surface area contributed by atoms with Gasteiger partial charge in [-0.1, -0.05) is 72.8 Å². The molecule has 1 fully saturated rings. The van der Waals surface area contributed by atoms with Gasteiger partial charge in [-0.3, -0.25) is 9.69 Å². The molecule has 5 heteroatoms. The Bertz CT molecular complexity index is 1010. The highest BCUT2D eigenvalue weighted by molar-refractivity contribution is 7.10. The summed E-state index contributed by atoms with van der Waals surface area (Å²) in [5.74, 6) is -0.218. The molecule has 28 heavy (non-hydrogen) atoms. The highest BCUT2D eigenvalue weighted by Gasteiger charge is 2.49.